The molecule has 0 spiro atoms. The van der Waals surface area contributed by atoms with Gasteiger partial charge in [-0.15, -0.1) is 0 Å². The van der Waals surface area contributed by atoms with Gasteiger partial charge in [0.2, 0.25) is 0 Å². The number of benzene rings is 2. The SMILES string of the molecule is CC/C(=N\N1CNC(c2ccc(OCc3ccccc3)cc2)=C(CCC2CCCCC2)C1=O)C(=O)O. The van der Waals surface area contributed by atoms with Crippen LogP contribution >= 0.6 is 0 Å². The zero-order valence-corrected chi connectivity index (χ0v) is 20.9. The van der Waals surface area contributed by atoms with Crippen LogP contribution in [0.4, 0.5) is 0 Å². The number of hydrazone groups is 1. The van der Waals surface area contributed by atoms with Gasteiger partial charge in [-0.2, -0.15) is 5.10 Å². The van der Waals surface area contributed by atoms with Crippen molar-refractivity contribution in [3.63, 3.8) is 0 Å². The quantitative estimate of drug-likeness (QED) is 0.425. The van der Waals surface area contributed by atoms with Crippen LogP contribution in [0.25, 0.3) is 5.70 Å². The van der Waals surface area contributed by atoms with E-state index in [0.717, 1.165) is 29.0 Å². The molecule has 2 N–H and O–H groups in total. The second kappa shape index (κ2) is 12.4. The Labute approximate surface area is 212 Å². The van der Waals surface area contributed by atoms with Gasteiger partial charge in [-0.3, -0.25) is 4.79 Å². The lowest BCUT2D eigenvalue weighted by Gasteiger charge is -2.30. The molecule has 0 unspecified atom stereocenters. The molecule has 190 valence electrons. The lowest BCUT2D eigenvalue weighted by molar-refractivity contribution is -0.129. The topological polar surface area (TPSA) is 91.2 Å². The van der Waals surface area contributed by atoms with Crippen molar-refractivity contribution in [1.29, 1.82) is 0 Å². The number of carbonyl (C=O) groups excluding carboxylic acids is 1. The number of hydrogen-bond donors (Lipinski definition) is 2. The third-order valence-corrected chi connectivity index (χ3v) is 6.94. The molecule has 4 rings (SSSR count). The Morgan fingerprint density at radius 2 is 1.81 bits per heavy atom. The normalized spacial score (nSPS) is 17.2. The number of hydrogen-bond acceptors (Lipinski definition) is 5. The molecular weight excluding hydrogens is 454 g/mol. The highest BCUT2D eigenvalue weighted by atomic mass is 16.5. The Balaban J connectivity index is 1.54. The van der Waals surface area contributed by atoms with E-state index in [4.69, 9.17) is 4.74 Å². The molecule has 1 saturated carbocycles. The van der Waals surface area contributed by atoms with E-state index in [1.165, 1.54) is 37.1 Å². The molecule has 1 heterocycles. The van der Waals surface area contributed by atoms with E-state index >= 15 is 0 Å². The first-order valence-corrected chi connectivity index (χ1v) is 12.9. The van der Waals surface area contributed by atoms with Gasteiger partial charge in [0, 0.05) is 5.57 Å². The molecule has 2 aromatic rings. The molecule has 7 nitrogen and oxygen atoms in total. The Bertz CT molecular complexity index is 1100. The predicted molar refractivity (Wildman–Crippen MR) is 140 cm³/mol. The molecule has 1 aliphatic carbocycles. The molecule has 2 aromatic carbocycles. The van der Waals surface area contributed by atoms with Crippen LogP contribution in [-0.2, 0) is 16.2 Å². The summed E-state index contributed by atoms with van der Waals surface area (Å²) in [6.07, 6.45) is 8.04. The van der Waals surface area contributed by atoms with Gasteiger partial charge in [-0.25, -0.2) is 9.80 Å². The van der Waals surface area contributed by atoms with Crippen LogP contribution in [0.15, 0.2) is 65.3 Å². The van der Waals surface area contributed by atoms with E-state index in [-0.39, 0.29) is 24.7 Å². The average molecular weight is 490 g/mol. The summed E-state index contributed by atoms with van der Waals surface area (Å²) in [5.41, 5.74) is 3.44. The smallest absolute Gasteiger partial charge is 0.352 e. The van der Waals surface area contributed by atoms with Gasteiger partial charge < -0.3 is 15.2 Å². The zero-order valence-electron chi connectivity index (χ0n) is 20.9. The number of rotatable bonds is 10. The van der Waals surface area contributed by atoms with Crippen molar-refractivity contribution >= 4 is 23.3 Å². The Hall–Kier alpha value is -3.61. The lowest BCUT2D eigenvalue weighted by Crippen LogP contribution is -2.42. The molecule has 0 radical (unpaired) electrons. The van der Waals surface area contributed by atoms with Crippen molar-refractivity contribution in [2.24, 2.45) is 11.0 Å². The van der Waals surface area contributed by atoms with Crippen molar-refractivity contribution in [1.82, 2.24) is 10.3 Å². The average Bonchev–Trinajstić information content (AvgIpc) is 2.92. The van der Waals surface area contributed by atoms with E-state index < -0.39 is 5.97 Å². The highest BCUT2D eigenvalue weighted by Crippen LogP contribution is 2.32. The molecule has 1 aliphatic heterocycles. The number of ether oxygens (including phenoxy) is 1. The van der Waals surface area contributed by atoms with Crippen molar-refractivity contribution in [2.45, 2.75) is 64.9 Å². The van der Waals surface area contributed by atoms with Gasteiger partial charge in [0.15, 0.2) is 0 Å². The third kappa shape index (κ3) is 6.53. The summed E-state index contributed by atoms with van der Waals surface area (Å²) in [6.45, 7) is 2.34. The second-order valence-electron chi connectivity index (χ2n) is 9.44. The summed E-state index contributed by atoms with van der Waals surface area (Å²) in [6, 6.07) is 17.8. The number of nitrogens with one attached hydrogen (secondary N) is 1. The molecule has 0 saturated heterocycles. The molecule has 2 aliphatic rings. The van der Waals surface area contributed by atoms with Gasteiger partial charge in [-0.05, 0) is 60.6 Å². The Kier molecular flexibility index (Phi) is 8.76. The molecule has 7 heteroatoms. The highest BCUT2D eigenvalue weighted by Gasteiger charge is 2.29. The maximum absolute atomic E-state index is 13.5. The minimum absolute atomic E-state index is 0.0276. The van der Waals surface area contributed by atoms with E-state index in [2.05, 4.69) is 10.4 Å². The molecule has 1 amide bonds. The maximum atomic E-state index is 13.5. The number of aliphatic carboxylic acids is 1. The molecule has 0 atom stereocenters. The van der Waals surface area contributed by atoms with Gasteiger partial charge in [0.25, 0.3) is 5.91 Å². The fourth-order valence-corrected chi connectivity index (χ4v) is 4.88. The first-order chi connectivity index (χ1) is 17.5. The number of carboxylic acid groups (broad SMARTS) is 1. The van der Waals surface area contributed by atoms with Crippen LogP contribution in [0.2, 0.25) is 0 Å². The third-order valence-electron chi connectivity index (χ3n) is 6.94. The van der Waals surface area contributed by atoms with Gasteiger partial charge in [-0.1, -0.05) is 69.4 Å². The number of nitrogens with zero attached hydrogens (tertiary/aromatic N) is 2. The Morgan fingerprint density at radius 3 is 2.47 bits per heavy atom. The minimum atomic E-state index is -1.10. The van der Waals surface area contributed by atoms with E-state index in [9.17, 15) is 14.7 Å². The second-order valence-corrected chi connectivity index (χ2v) is 9.44. The van der Waals surface area contributed by atoms with E-state index in [1.54, 1.807) is 6.92 Å². The zero-order chi connectivity index (χ0) is 25.3. The summed E-state index contributed by atoms with van der Waals surface area (Å²) in [5, 5.41) is 18.1. The van der Waals surface area contributed by atoms with E-state index in [1.807, 2.05) is 54.6 Å². The standard InChI is InChI=1S/C29H35N3O4/c1-2-26(29(34)35)31-32-20-30-27(25(28(32)33)18-13-21-9-5-3-6-10-21)23-14-16-24(17-15-23)36-19-22-11-7-4-8-12-22/h4,7-8,11-12,14-17,21,30H,2-3,5-6,9-10,13,18-20H2,1H3,(H,34,35)/b31-26+. The summed E-state index contributed by atoms with van der Waals surface area (Å²) >= 11 is 0. The monoisotopic (exact) mass is 489 g/mol. The number of carboxylic acids is 1. The van der Waals surface area contributed by atoms with Crippen LogP contribution in [0, 0.1) is 5.92 Å². The summed E-state index contributed by atoms with van der Waals surface area (Å²) in [4.78, 5) is 25.0. The van der Waals surface area contributed by atoms with Crippen molar-refractivity contribution in [3.05, 3.63) is 71.3 Å². The minimum Gasteiger partial charge on any atom is -0.489 e. The van der Waals surface area contributed by atoms with Crippen molar-refractivity contribution in [3.8, 4) is 5.75 Å². The summed E-state index contributed by atoms with van der Waals surface area (Å²) in [5.74, 6) is 0.0543. The van der Waals surface area contributed by atoms with Gasteiger partial charge in [0.05, 0.1) is 5.70 Å². The maximum Gasteiger partial charge on any atom is 0.352 e. The van der Waals surface area contributed by atoms with Gasteiger partial charge >= 0.3 is 5.97 Å². The van der Waals surface area contributed by atoms with Crippen LogP contribution < -0.4 is 10.1 Å². The largest absolute Gasteiger partial charge is 0.489 e. The fourth-order valence-electron chi connectivity index (χ4n) is 4.88. The van der Waals surface area contributed by atoms with Crippen LogP contribution in [-0.4, -0.2) is 34.4 Å². The van der Waals surface area contributed by atoms with Crippen LogP contribution in [0.5, 0.6) is 5.75 Å². The van der Waals surface area contributed by atoms with Crippen LogP contribution in [0.1, 0.15) is 69.4 Å². The highest BCUT2D eigenvalue weighted by molar-refractivity contribution is 6.35. The fraction of sp³-hybridized carbons (Fsp3) is 0.414. The predicted octanol–water partition coefficient (Wildman–Crippen LogP) is 5.58. The molecule has 0 bridgehead atoms. The number of amides is 1. The van der Waals surface area contributed by atoms with Gasteiger partial charge in [0.1, 0.15) is 24.7 Å². The summed E-state index contributed by atoms with van der Waals surface area (Å²) < 4.78 is 5.92. The lowest BCUT2D eigenvalue weighted by atomic mass is 9.84. The first kappa shape index (κ1) is 25.5. The van der Waals surface area contributed by atoms with Crippen molar-refractivity contribution < 1.29 is 19.4 Å². The number of carbonyl (C=O) groups is 2. The first-order valence-electron chi connectivity index (χ1n) is 12.9. The van der Waals surface area contributed by atoms with Crippen molar-refractivity contribution in [2.75, 3.05) is 6.67 Å². The molecule has 0 aromatic heterocycles. The summed E-state index contributed by atoms with van der Waals surface area (Å²) in [7, 11) is 0. The molecule has 36 heavy (non-hydrogen) atoms. The molecular formula is C29H35N3O4. The molecule has 1 fully saturated rings. The Morgan fingerprint density at radius 1 is 1.08 bits per heavy atom. The van der Waals surface area contributed by atoms with Crippen LogP contribution in [0.3, 0.4) is 0 Å². The van der Waals surface area contributed by atoms with E-state index in [0.29, 0.717) is 24.5 Å².